The molecular weight excluding hydrogens is 420 g/mol. The maximum absolute atomic E-state index is 13.2. The first-order valence-electron chi connectivity index (χ1n) is 9.56. The smallest absolute Gasteiger partial charge is 0.253 e. The van der Waals surface area contributed by atoms with E-state index in [1.54, 1.807) is 37.4 Å². The number of fused-ring (bicyclic) bond motifs is 2. The van der Waals surface area contributed by atoms with Crippen LogP contribution in [-0.2, 0) is 0 Å². The van der Waals surface area contributed by atoms with E-state index in [9.17, 15) is 14.4 Å². The molecule has 28 heavy (non-hydrogen) atoms. The van der Waals surface area contributed by atoms with Gasteiger partial charge in [-0.1, -0.05) is 43.5 Å². The molecule has 0 aliphatic heterocycles. The fourth-order valence-electron chi connectivity index (χ4n) is 4.20. The van der Waals surface area contributed by atoms with Gasteiger partial charge in [0, 0.05) is 28.7 Å². The Balaban J connectivity index is 1.81. The van der Waals surface area contributed by atoms with Crippen molar-refractivity contribution < 1.29 is 14.4 Å². The zero-order valence-electron chi connectivity index (χ0n) is 15.6. The molecule has 0 heterocycles. The van der Waals surface area contributed by atoms with Crippen molar-refractivity contribution in [2.24, 2.45) is 0 Å². The lowest BCUT2D eigenvalue weighted by Crippen LogP contribution is -2.37. The molecule has 2 aromatic carbocycles. The molecule has 0 bridgehead atoms. The number of rotatable bonds is 3. The topological polar surface area (TPSA) is 75.3 Å². The molecule has 0 spiro atoms. The molecule has 144 valence electrons. The molecule has 0 radical (unpaired) electrons. The van der Waals surface area contributed by atoms with Crippen molar-refractivity contribution in [1.29, 1.82) is 0 Å². The maximum Gasteiger partial charge on any atom is 0.253 e. The fourth-order valence-corrected chi connectivity index (χ4v) is 4.80. The predicted octanol–water partition coefficient (Wildman–Crippen LogP) is 4.33. The number of amides is 1. The summed E-state index contributed by atoms with van der Waals surface area (Å²) in [5.74, 6) is -0.686. The van der Waals surface area contributed by atoms with Gasteiger partial charge in [-0.25, -0.2) is 0 Å². The quantitative estimate of drug-likeness (QED) is 0.635. The van der Waals surface area contributed by atoms with Crippen LogP contribution in [0.3, 0.4) is 0 Å². The number of halogens is 1. The Morgan fingerprint density at radius 2 is 1.61 bits per heavy atom. The number of hydrogen-bond acceptors (Lipinski definition) is 4. The molecule has 5 nitrogen and oxygen atoms in total. The number of ketones is 2. The third kappa shape index (κ3) is 3.05. The summed E-state index contributed by atoms with van der Waals surface area (Å²) < 4.78 is 0.461. The number of benzene rings is 2. The van der Waals surface area contributed by atoms with Crippen LogP contribution in [0.1, 0.15) is 74.3 Å². The van der Waals surface area contributed by atoms with E-state index < -0.39 is 0 Å². The second-order valence-corrected chi connectivity index (χ2v) is 8.15. The van der Waals surface area contributed by atoms with Gasteiger partial charge in [0.25, 0.3) is 5.91 Å². The molecule has 4 rings (SSSR count). The van der Waals surface area contributed by atoms with Crippen molar-refractivity contribution in [2.75, 3.05) is 12.4 Å². The Kier molecular flexibility index (Phi) is 5.06. The Morgan fingerprint density at radius 3 is 2.21 bits per heavy atom. The largest absolute Gasteiger partial charge is 0.387 e. The summed E-state index contributed by atoms with van der Waals surface area (Å²) >= 11 is 3.43. The highest BCUT2D eigenvalue weighted by molar-refractivity contribution is 9.10. The predicted molar refractivity (Wildman–Crippen MR) is 111 cm³/mol. The van der Waals surface area contributed by atoms with Crippen LogP contribution in [0.25, 0.3) is 0 Å². The van der Waals surface area contributed by atoms with E-state index in [4.69, 9.17) is 0 Å². The maximum atomic E-state index is 13.2. The minimum Gasteiger partial charge on any atom is -0.387 e. The van der Waals surface area contributed by atoms with Crippen molar-refractivity contribution in [2.45, 2.75) is 38.1 Å². The molecule has 1 fully saturated rings. The highest BCUT2D eigenvalue weighted by Crippen LogP contribution is 2.38. The molecule has 0 atom stereocenters. The first-order valence-corrected chi connectivity index (χ1v) is 10.4. The molecular formula is C22H21BrN2O3. The second kappa shape index (κ2) is 7.51. The number of anilines is 1. The minimum atomic E-state index is -0.248. The number of hydrogen-bond donors (Lipinski definition) is 2. The van der Waals surface area contributed by atoms with Crippen LogP contribution in [0.15, 0.2) is 34.8 Å². The average molecular weight is 441 g/mol. The summed E-state index contributed by atoms with van der Waals surface area (Å²) in [5.41, 5.74) is 2.10. The van der Waals surface area contributed by atoms with Gasteiger partial charge in [0.1, 0.15) is 0 Å². The third-order valence-corrected chi connectivity index (χ3v) is 6.21. The molecule has 0 aromatic heterocycles. The van der Waals surface area contributed by atoms with Crippen LogP contribution in [0.4, 0.5) is 5.69 Å². The van der Waals surface area contributed by atoms with Crippen molar-refractivity contribution >= 4 is 39.1 Å². The highest BCUT2D eigenvalue weighted by Gasteiger charge is 2.35. The molecule has 0 unspecified atom stereocenters. The highest BCUT2D eigenvalue weighted by atomic mass is 79.9. The lowest BCUT2D eigenvalue weighted by molar-refractivity contribution is 0.0927. The van der Waals surface area contributed by atoms with Crippen LogP contribution >= 0.6 is 15.9 Å². The Hall–Kier alpha value is -2.47. The first kappa shape index (κ1) is 18.9. The fraction of sp³-hybridized carbons (Fsp3) is 0.318. The lowest BCUT2D eigenvalue weighted by Gasteiger charge is -2.26. The molecule has 2 N–H and O–H groups in total. The average Bonchev–Trinajstić information content (AvgIpc) is 2.72. The minimum absolute atomic E-state index is 0.152. The molecule has 2 aliphatic carbocycles. The first-order chi connectivity index (χ1) is 13.5. The van der Waals surface area contributed by atoms with Gasteiger partial charge in [-0.15, -0.1) is 0 Å². The van der Waals surface area contributed by atoms with Gasteiger partial charge in [0.15, 0.2) is 11.6 Å². The SMILES string of the molecule is CNc1c(C(=O)NC2CCCCC2)cc(Br)c2c1C(=O)c1ccccc1C2=O. The molecule has 2 aliphatic rings. The number of carbonyl (C=O) groups is 3. The van der Waals surface area contributed by atoms with Crippen molar-refractivity contribution in [3.63, 3.8) is 0 Å². The number of nitrogens with one attached hydrogen (secondary N) is 2. The number of carbonyl (C=O) groups excluding carboxylic acids is 3. The van der Waals surface area contributed by atoms with Crippen LogP contribution < -0.4 is 10.6 Å². The summed E-state index contributed by atoms with van der Waals surface area (Å²) in [5, 5.41) is 6.09. The summed E-state index contributed by atoms with van der Waals surface area (Å²) in [6, 6.07) is 8.59. The summed E-state index contributed by atoms with van der Waals surface area (Å²) in [6.07, 6.45) is 5.37. The monoisotopic (exact) mass is 440 g/mol. The van der Waals surface area contributed by atoms with Gasteiger partial charge in [-0.3, -0.25) is 14.4 Å². The summed E-state index contributed by atoms with van der Waals surface area (Å²) in [4.78, 5) is 39.2. The van der Waals surface area contributed by atoms with Gasteiger partial charge in [-0.2, -0.15) is 0 Å². The summed E-state index contributed by atoms with van der Waals surface area (Å²) in [7, 11) is 1.67. The van der Waals surface area contributed by atoms with E-state index in [2.05, 4.69) is 26.6 Å². The van der Waals surface area contributed by atoms with Gasteiger partial charge in [0.2, 0.25) is 0 Å². The van der Waals surface area contributed by atoms with E-state index in [0.29, 0.717) is 32.4 Å². The molecule has 1 saturated carbocycles. The van der Waals surface area contributed by atoms with E-state index in [0.717, 1.165) is 25.7 Å². The lowest BCUT2D eigenvalue weighted by atomic mass is 9.82. The van der Waals surface area contributed by atoms with Gasteiger partial charge in [0.05, 0.1) is 22.4 Å². The van der Waals surface area contributed by atoms with Crippen molar-refractivity contribution in [3.05, 3.63) is 62.6 Å². The van der Waals surface area contributed by atoms with Gasteiger partial charge >= 0.3 is 0 Å². The van der Waals surface area contributed by atoms with Crippen LogP contribution in [-0.4, -0.2) is 30.6 Å². The molecule has 6 heteroatoms. The second-order valence-electron chi connectivity index (χ2n) is 7.29. The zero-order valence-corrected chi connectivity index (χ0v) is 17.2. The zero-order chi connectivity index (χ0) is 19.8. The van der Waals surface area contributed by atoms with E-state index >= 15 is 0 Å². The Labute approximate surface area is 172 Å². The van der Waals surface area contributed by atoms with Crippen molar-refractivity contribution in [1.82, 2.24) is 5.32 Å². The standard InChI is InChI=1S/C22H21BrN2O3/c1-24-19-15(22(28)25-12-7-3-2-4-8-12)11-16(23)17-18(19)21(27)14-10-6-5-9-13(14)20(17)26/h5-6,9-12,24H,2-4,7-8H2,1H3,(H,25,28). The Morgan fingerprint density at radius 1 is 1.00 bits per heavy atom. The van der Waals surface area contributed by atoms with Crippen molar-refractivity contribution in [3.8, 4) is 0 Å². The van der Waals surface area contributed by atoms with E-state index in [-0.39, 0.29) is 29.1 Å². The van der Waals surface area contributed by atoms with Gasteiger partial charge in [-0.05, 0) is 34.8 Å². The van der Waals surface area contributed by atoms with E-state index in [1.165, 1.54) is 6.42 Å². The molecule has 1 amide bonds. The Bertz CT molecular complexity index is 994. The summed E-state index contributed by atoms with van der Waals surface area (Å²) in [6.45, 7) is 0. The van der Waals surface area contributed by atoms with Crippen LogP contribution in [0.5, 0.6) is 0 Å². The van der Waals surface area contributed by atoms with Crippen LogP contribution in [0.2, 0.25) is 0 Å². The molecule has 0 saturated heterocycles. The van der Waals surface area contributed by atoms with Gasteiger partial charge < -0.3 is 10.6 Å². The van der Waals surface area contributed by atoms with E-state index in [1.807, 2.05) is 0 Å². The van der Waals surface area contributed by atoms with Crippen LogP contribution in [0, 0.1) is 0 Å². The normalized spacial score (nSPS) is 16.4. The third-order valence-electron chi connectivity index (χ3n) is 5.58. The molecule has 2 aromatic rings.